The first kappa shape index (κ1) is 22.6. The van der Waals surface area contributed by atoms with Crippen LogP contribution in [0.4, 0.5) is 9.18 Å². The number of urea groups is 1. The number of amides is 2. The fourth-order valence-corrected chi connectivity index (χ4v) is 5.40. The number of hydrogen-bond acceptors (Lipinski definition) is 4. The van der Waals surface area contributed by atoms with Crippen LogP contribution in [0, 0.1) is 12.7 Å². The van der Waals surface area contributed by atoms with Crippen molar-refractivity contribution in [2.45, 2.75) is 17.6 Å². The van der Waals surface area contributed by atoms with E-state index >= 15 is 0 Å². The number of benzene rings is 2. The van der Waals surface area contributed by atoms with E-state index in [9.17, 15) is 17.6 Å². The van der Waals surface area contributed by atoms with E-state index < -0.39 is 10.0 Å². The van der Waals surface area contributed by atoms with Crippen LogP contribution in [-0.2, 0) is 15.8 Å². The minimum absolute atomic E-state index is 0.200. The fourth-order valence-electron chi connectivity index (χ4n) is 3.13. The summed E-state index contributed by atoms with van der Waals surface area (Å²) in [6.07, 6.45) is 0. The van der Waals surface area contributed by atoms with Crippen LogP contribution in [0.5, 0.6) is 0 Å². The highest BCUT2D eigenvalue weighted by atomic mass is 32.2. The minimum atomic E-state index is -3.54. The van der Waals surface area contributed by atoms with Crippen molar-refractivity contribution >= 4 is 27.8 Å². The SMILES string of the molecule is Cc1ccc(S(=O)(=O)N2CCN(C(=O)NCCSCc3ccccc3F)CC2)cc1. The van der Waals surface area contributed by atoms with E-state index in [2.05, 4.69) is 5.32 Å². The maximum absolute atomic E-state index is 13.6. The van der Waals surface area contributed by atoms with Gasteiger partial charge in [0.1, 0.15) is 5.82 Å². The zero-order valence-corrected chi connectivity index (χ0v) is 18.5. The van der Waals surface area contributed by atoms with Crippen molar-refractivity contribution in [3.8, 4) is 0 Å². The summed E-state index contributed by atoms with van der Waals surface area (Å²) in [7, 11) is -3.54. The number of thioether (sulfide) groups is 1. The van der Waals surface area contributed by atoms with Crippen molar-refractivity contribution < 1.29 is 17.6 Å². The first-order valence-corrected chi connectivity index (χ1v) is 12.4. The Balaban J connectivity index is 1.40. The lowest BCUT2D eigenvalue weighted by atomic mass is 10.2. The third-order valence-corrected chi connectivity index (χ3v) is 7.84. The summed E-state index contributed by atoms with van der Waals surface area (Å²) < 4.78 is 40.5. The maximum atomic E-state index is 13.6. The standard InChI is InChI=1S/C21H26FN3O3S2/c1-17-6-8-19(9-7-17)30(27,28)25-13-11-24(12-14-25)21(26)23-10-15-29-16-18-4-2-3-5-20(18)22/h2-9H,10-16H2,1H3,(H,23,26). The van der Waals surface area contributed by atoms with Gasteiger partial charge in [-0.15, -0.1) is 0 Å². The first-order chi connectivity index (χ1) is 14.4. The van der Waals surface area contributed by atoms with Crippen LogP contribution < -0.4 is 5.32 Å². The Kier molecular flexibility index (Phi) is 7.74. The topological polar surface area (TPSA) is 69.7 Å². The van der Waals surface area contributed by atoms with Gasteiger partial charge in [0.2, 0.25) is 10.0 Å². The van der Waals surface area contributed by atoms with E-state index in [0.29, 0.717) is 36.7 Å². The van der Waals surface area contributed by atoms with Gasteiger partial charge in [0.15, 0.2) is 0 Å². The van der Waals surface area contributed by atoms with E-state index in [1.54, 1.807) is 59.1 Å². The Bertz CT molecular complexity index is 960. The number of halogens is 1. The van der Waals surface area contributed by atoms with Crippen molar-refractivity contribution in [1.82, 2.24) is 14.5 Å². The molecule has 2 aromatic carbocycles. The van der Waals surface area contributed by atoms with Gasteiger partial charge in [0.25, 0.3) is 0 Å². The van der Waals surface area contributed by atoms with E-state index in [1.807, 2.05) is 6.92 Å². The molecule has 162 valence electrons. The number of aryl methyl sites for hydroxylation is 1. The maximum Gasteiger partial charge on any atom is 0.317 e. The van der Waals surface area contributed by atoms with Crippen LogP contribution in [0.25, 0.3) is 0 Å². The van der Waals surface area contributed by atoms with Crippen LogP contribution in [-0.4, -0.2) is 62.1 Å². The largest absolute Gasteiger partial charge is 0.337 e. The molecule has 0 spiro atoms. The number of carbonyl (C=O) groups is 1. The summed E-state index contributed by atoms with van der Waals surface area (Å²) in [4.78, 5) is 14.2. The van der Waals surface area contributed by atoms with E-state index in [4.69, 9.17) is 0 Å². The van der Waals surface area contributed by atoms with Gasteiger partial charge in [-0.3, -0.25) is 0 Å². The summed E-state index contributed by atoms with van der Waals surface area (Å²) in [6, 6.07) is 13.2. The molecule has 1 aliphatic heterocycles. The Morgan fingerprint density at radius 3 is 2.40 bits per heavy atom. The lowest BCUT2D eigenvalue weighted by Crippen LogP contribution is -2.53. The van der Waals surface area contributed by atoms with E-state index in [0.717, 1.165) is 5.56 Å². The smallest absolute Gasteiger partial charge is 0.317 e. The summed E-state index contributed by atoms with van der Waals surface area (Å²) in [5.41, 5.74) is 1.65. The van der Waals surface area contributed by atoms with Crippen LogP contribution >= 0.6 is 11.8 Å². The molecule has 1 saturated heterocycles. The van der Waals surface area contributed by atoms with Crippen molar-refractivity contribution in [3.63, 3.8) is 0 Å². The molecule has 9 heteroatoms. The normalized spacial score (nSPS) is 15.2. The molecular weight excluding hydrogens is 425 g/mol. The molecule has 1 aliphatic rings. The van der Waals surface area contributed by atoms with Gasteiger partial charge in [-0.1, -0.05) is 35.9 Å². The molecule has 0 saturated carbocycles. The third-order valence-electron chi connectivity index (χ3n) is 4.92. The van der Waals surface area contributed by atoms with Crippen LogP contribution in [0.3, 0.4) is 0 Å². The highest BCUT2D eigenvalue weighted by Crippen LogP contribution is 2.18. The predicted molar refractivity (Wildman–Crippen MR) is 117 cm³/mol. The van der Waals surface area contributed by atoms with E-state index in [-0.39, 0.29) is 29.8 Å². The predicted octanol–water partition coefficient (Wildman–Crippen LogP) is 3.08. The molecule has 0 aliphatic carbocycles. The van der Waals surface area contributed by atoms with Gasteiger partial charge in [0, 0.05) is 44.2 Å². The Hall–Kier alpha value is -2.10. The monoisotopic (exact) mass is 451 g/mol. The molecule has 0 atom stereocenters. The number of nitrogens with zero attached hydrogens (tertiary/aromatic N) is 2. The zero-order chi connectivity index (χ0) is 21.6. The molecule has 0 aromatic heterocycles. The van der Waals surface area contributed by atoms with Gasteiger partial charge >= 0.3 is 6.03 Å². The fraction of sp³-hybridized carbons (Fsp3) is 0.381. The molecule has 0 unspecified atom stereocenters. The Morgan fingerprint density at radius 2 is 1.73 bits per heavy atom. The van der Waals surface area contributed by atoms with E-state index in [1.165, 1.54) is 10.4 Å². The van der Waals surface area contributed by atoms with Crippen molar-refractivity contribution in [3.05, 3.63) is 65.5 Å². The van der Waals surface area contributed by atoms with Gasteiger partial charge in [-0.05, 0) is 30.7 Å². The second-order valence-electron chi connectivity index (χ2n) is 7.08. The van der Waals surface area contributed by atoms with Crippen molar-refractivity contribution in [2.75, 3.05) is 38.5 Å². The molecule has 2 aromatic rings. The van der Waals surface area contributed by atoms with Crippen molar-refractivity contribution in [2.24, 2.45) is 0 Å². The molecule has 3 rings (SSSR count). The van der Waals surface area contributed by atoms with Gasteiger partial charge in [-0.2, -0.15) is 16.1 Å². The first-order valence-electron chi connectivity index (χ1n) is 9.78. The van der Waals surface area contributed by atoms with Crippen LogP contribution in [0.2, 0.25) is 0 Å². The van der Waals surface area contributed by atoms with Crippen molar-refractivity contribution in [1.29, 1.82) is 0 Å². The number of rotatable bonds is 7. The minimum Gasteiger partial charge on any atom is -0.337 e. The summed E-state index contributed by atoms with van der Waals surface area (Å²) in [5, 5.41) is 2.85. The summed E-state index contributed by atoms with van der Waals surface area (Å²) >= 11 is 1.55. The van der Waals surface area contributed by atoms with Crippen LogP contribution in [0.15, 0.2) is 53.4 Å². The van der Waals surface area contributed by atoms with Gasteiger partial charge in [0.05, 0.1) is 4.90 Å². The Labute approximate surface area is 181 Å². The van der Waals surface area contributed by atoms with Gasteiger partial charge in [-0.25, -0.2) is 17.6 Å². The molecule has 2 amide bonds. The lowest BCUT2D eigenvalue weighted by molar-refractivity contribution is 0.173. The zero-order valence-electron chi connectivity index (χ0n) is 16.9. The third kappa shape index (κ3) is 5.74. The Morgan fingerprint density at radius 1 is 1.07 bits per heavy atom. The number of hydrogen-bond donors (Lipinski definition) is 1. The molecule has 1 N–H and O–H groups in total. The lowest BCUT2D eigenvalue weighted by Gasteiger charge is -2.34. The van der Waals surface area contributed by atoms with Crippen LogP contribution in [0.1, 0.15) is 11.1 Å². The summed E-state index contributed by atoms with van der Waals surface area (Å²) in [5.74, 6) is 1.01. The molecule has 1 heterocycles. The molecule has 1 fully saturated rings. The quantitative estimate of drug-likeness (QED) is 0.657. The summed E-state index contributed by atoms with van der Waals surface area (Å²) in [6.45, 7) is 3.61. The second kappa shape index (κ2) is 10.3. The average molecular weight is 452 g/mol. The molecule has 6 nitrogen and oxygen atoms in total. The average Bonchev–Trinajstić information content (AvgIpc) is 2.75. The highest BCUT2D eigenvalue weighted by molar-refractivity contribution is 7.98. The second-order valence-corrected chi connectivity index (χ2v) is 10.1. The molecular formula is C21H26FN3O3S2. The molecule has 0 radical (unpaired) electrons. The molecule has 30 heavy (non-hydrogen) atoms. The number of piperazine rings is 1. The molecule has 0 bridgehead atoms. The highest BCUT2D eigenvalue weighted by Gasteiger charge is 2.29. The van der Waals surface area contributed by atoms with Gasteiger partial charge < -0.3 is 10.2 Å². The number of nitrogens with one attached hydrogen (secondary N) is 1. The number of carbonyl (C=O) groups excluding carboxylic acids is 1. The number of sulfonamides is 1.